The van der Waals surface area contributed by atoms with Crippen molar-refractivity contribution < 1.29 is 4.79 Å². The fourth-order valence-electron chi connectivity index (χ4n) is 1.70. The minimum absolute atomic E-state index is 0.0850. The smallest absolute Gasteiger partial charge is 0.261 e. The zero-order chi connectivity index (χ0) is 10.9. The van der Waals surface area contributed by atoms with Gasteiger partial charge >= 0.3 is 0 Å². The van der Waals surface area contributed by atoms with Crippen LogP contribution in [0, 0.1) is 13.8 Å². The van der Waals surface area contributed by atoms with E-state index in [1.807, 2.05) is 26.8 Å². The summed E-state index contributed by atoms with van der Waals surface area (Å²) >= 11 is 0. The van der Waals surface area contributed by atoms with Crippen LogP contribution in [-0.2, 0) is 0 Å². The third-order valence-electron chi connectivity index (χ3n) is 2.31. The van der Waals surface area contributed by atoms with E-state index in [-0.39, 0.29) is 17.2 Å². The van der Waals surface area contributed by atoms with Crippen molar-refractivity contribution in [2.24, 2.45) is 0 Å². The average Bonchev–Trinajstić information content (AvgIpc) is 2.02. The van der Waals surface area contributed by atoms with Crippen LogP contribution in [0.5, 0.6) is 0 Å². The Morgan fingerprint density at radius 2 is 1.93 bits per heavy atom. The molecule has 3 heteroatoms. The van der Waals surface area contributed by atoms with E-state index in [0.717, 1.165) is 11.3 Å². The van der Waals surface area contributed by atoms with Crippen LogP contribution in [0.4, 0.5) is 0 Å². The summed E-state index contributed by atoms with van der Waals surface area (Å²) in [6.45, 7) is 7.52. The Labute approximate surface area is 83.4 Å². The Hall–Kier alpha value is -1.38. The summed E-state index contributed by atoms with van der Waals surface area (Å²) in [4.78, 5) is 22.5. The molecular formula is C11H15NO2. The van der Waals surface area contributed by atoms with Crippen molar-refractivity contribution in [2.45, 2.75) is 33.7 Å². The first kappa shape index (κ1) is 10.7. The fraction of sp³-hybridized carbons (Fsp3) is 0.455. The number of aldehydes is 1. The first-order valence-corrected chi connectivity index (χ1v) is 4.67. The van der Waals surface area contributed by atoms with Crippen LogP contribution in [0.3, 0.4) is 0 Å². The summed E-state index contributed by atoms with van der Waals surface area (Å²) in [7, 11) is 0. The molecule has 0 spiro atoms. The zero-order valence-electron chi connectivity index (χ0n) is 9.00. The Morgan fingerprint density at radius 3 is 2.36 bits per heavy atom. The van der Waals surface area contributed by atoms with E-state index in [2.05, 4.69) is 0 Å². The van der Waals surface area contributed by atoms with Gasteiger partial charge in [-0.1, -0.05) is 0 Å². The molecule has 1 heterocycles. The summed E-state index contributed by atoms with van der Waals surface area (Å²) < 4.78 is 1.64. The van der Waals surface area contributed by atoms with Gasteiger partial charge < -0.3 is 4.57 Å². The van der Waals surface area contributed by atoms with Crippen molar-refractivity contribution in [2.75, 3.05) is 0 Å². The second kappa shape index (κ2) is 3.78. The maximum Gasteiger partial charge on any atom is 0.261 e. The van der Waals surface area contributed by atoms with Crippen molar-refractivity contribution in [3.05, 3.63) is 33.2 Å². The molecule has 0 aliphatic carbocycles. The van der Waals surface area contributed by atoms with Gasteiger partial charge in [-0.25, -0.2) is 0 Å². The van der Waals surface area contributed by atoms with Gasteiger partial charge in [0.25, 0.3) is 5.56 Å². The number of aromatic nitrogens is 1. The lowest BCUT2D eigenvalue weighted by atomic mass is 10.1. The van der Waals surface area contributed by atoms with Gasteiger partial charge in [-0.3, -0.25) is 9.59 Å². The predicted octanol–water partition coefficient (Wildman–Crippen LogP) is 1.86. The Morgan fingerprint density at radius 1 is 1.36 bits per heavy atom. The topological polar surface area (TPSA) is 39.1 Å². The number of hydrogen-bond acceptors (Lipinski definition) is 2. The number of rotatable bonds is 2. The Kier molecular flexibility index (Phi) is 2.89. The lowest BCUT2D eigenvalue weighted by Crippen LogP contribution is -2.27. The third kappa shape index (κ3) is 1.62. The molecule has 0 saturated carbocycles. The van der Waals surface area contributed by atoms with Crippen molar-refractivity contribution in [1.29, 1.82) is 0 Å². The maximum atomic E-state index is 11.8. The standard InChI is InChI=1S/C11H15NO2/c1-7(2)12-9(4)5-8(3)10(6-13)11(12)14/h5-7H,1-4H3. The predicted molar refractivity (Wildman–Crippen MR) is 55.9 cm³/mol. The van der Waals surface area contributed by atoms with Crippen LogP contribution < -0.4 is 5.56 Å². The molecule has 3 nitrogen and oxygen atoms in total. The lowest BCUT2D eigenvalue weighted by molar-refractivity contribution is 0.112. The molecule has 0 unspecified atom stereocenters. The monoisotopic (exact) mass is 193 g/mol. The SMILES string of the molecule is Cc1cc(C)n(C(C)C)c(=O)c1C=O. The normalized spacial score (nSPS) is 10.6. The van der Waals surface area contributed by atoms with Crippen LogP contribution in [0.25, 0.3) is 0 Å². The molecule has 0 bridgehead atoms. The number of aryl methyl sites for hydroxylation is 2. The second-order valence-electron chi connectivity index (χ2n) is 3.77. The molecule has 14 heavy (non-hydrogen) atoms. The molecule has 0 aromatic carbocycles. The second-order valence-corrected chi connectivity index (χ2v) is 3.77. The van der Waals surface area contributed by atoms with Crippen LogP contribution in [-0.4, -0.2) is 10.9 Å². The van der Waals surface area contributed by atoms with E-state index in [0.29, 0.717) is 6.29 Å². The largest absolute Gasteiger partial charge is 0.310 e. The van der Waals surface area contributed by atoms with Gasteiger partial charge in [0.05, 0.1) is 5.56 Å². The molecule has 0 saturated heterocycles. The van der Waals surface area contributed by atoms with Gasteiger partial charge in [0.2, 0.25) is 0 Å². The highest BCUT2D eigenvalue weighted by Gasteiger charge is 2.11. The van der Waals surface area contributed by atoms with Gasteiger partial charge in [-0.05, 0) is 39.3 Å². The van der Waals surface area contributed by atoms with E-state index in [1.54, 1.807) is 11.5 Å². The molecule has 0 atom stereocenters. The van der Waals surface area contributed by atoms with Gasteiger partial charge in [-0.2, -0.15) is 0 Å². The number of carbonyl (C=O) groups excluding carboxylic acids is 1. The number of pyridine rings is 1. The zero-order valence-corrected chi connectivity index (χ0v) is 9.00. The van der Waals surface area contributed by atoms with Crippen LogP contribution in [0.2, 0.25) is 0 Å². The van der Waals surface area contributed by atoms with E-state index in [4.69, 9.17) is 0 Å². The molecule has 0 N–H and O–H groups in total. The summed E-state index contributed by atoms with van der Waals surface area (Å²) in [5.74, 6) is 0. The number of hydrogen-bond donors (Lipinski definition) is 0. The summed E-state index contributed by atoms with van der Waals surface area (Å²) in [5, 5.41) is 0. The Bertz CT molecular complexity index is 416. The molecule has 0 amide bonds. The highest BCUT2D eigenvalue weighted by atomic mass is 16.1. The summed E-state index contributed by atoms with van der Waals surface area (Å²) in [6.07, 6.45) is 0.635. The molecule has 0 aliphatic heterocycles. The molecular weight excluding hydrogens is 178 g/mol. The van der Waals surface area contributed by atoms with Crippen LogP contribution in [0.15, 0.2) is 10.9 Å². The first-order chi connectivity index (χ1) is 6.49. The van der Waals surface area contributed by atoms with Crippen LogP contribution in [0.1, 0.15) is 41.5 Å². The van der Waals surface area contributed by atoms with Crippen molar-refractivity contribution in [3.63, 3.8) is 0 Å². The number of carbonyl (C=O) groups is 1. The number of nitrogens with zero attached hydrogens (tertiary/aromatic N) is 1. The molecule has 0 aliphatic rings. The van der Waals surface area contributed by atoms with Gasteiger partial charge in [0, 0.05) is 11.7 Å². The van der Waals surface area contributed by atoms with Crippen molar-refractivity contribution >= 4 is 6.29 Å². The molecule has 1 rings (SSSR count). The van der Waals surface area contributed by atoms with E-state index >= 15 is 0 Å². The summed E-state index contributed by atoms with van der Waals surface area (Å²) in [5.41, 5.74) is 1.73. The van der Waals surface area contributed by atoms with Gasteiger partial charge in [-0.15, -0.1) is 0 Å². The first-order valence-electron chi connectivity index (χ1n) is 4.67. The van der Waals surface area contributed by atoms with Gasteiger partial charge in [0.1, 0.15) is 0 Å². The van der Waals surface area contributed by atoms with Crippen molar-refractivity contribution in [1.82, 2.24) is 4.57 Å². The third-order valence-corrected chi connectivity index (χ3v) is 2.31. The minimum atomic E-state index is -0.187. The minimum Gasteiger partial charge on any atom is -0.310 e. The van der Waals surface area contributed by atoms with E-state index in [1.165, 1.54) is 0 Å². The highest BCUT2D eigenvalue weighted by molar-refractivity contribution is 5.76. The molecule has 76 valence electrons. The summed E-state index contributed by atoms with van der Waals surface area (Å²) in [6, 6.07) is 1.95. The quantitative estimate of drug-likeness (QED) is 0.672. The van der Waals surface area contributed by atoms with Crippen LogP contribution >= 0.6 is 0 Å². The Balaban J connectivity index is 3.61. The van der Waals surface area contributed by atoms with E-state index in [9.17, 15) is 9.59 Å². The molecule has 0 radical (unpaired) electrons. The van der Waals surface area contributed by atoms with Crippen molar-refractivity contribution in [3.8, 4) is 0 Å². The highest BCUT2D eigenvalue weighted by Crippen LogP contribution is 2.09. The maximum absolute atomic E-state index is 11.8. The lowest BCUT2D eigenvalue weighted by Gasteiger charge is -2.15. The van der Waals surface area contributed by atoms with E-state index < -0.39 is 0 Å². The molecule has 1 aromatic rings. The fourth-order valence-corrected chi connectivity index (χ4v) is 1.70. The molecule has 1 aromatic heterocycles. The average molecular weight is 193 g/mol. The molecule has 0 fully saturated rings. The van der Waals surface area contributed by atoms with Gasteiger partial charge in [0.15, 0.2) is 6.29 Å².